The van der Waals surface area contributed by atoms with Gasteiger partial charge in [-0.1, -0.05) is 0 Å². The van der Waals surface area contributed by atoms with Gasteiger partial charge in [-0.3, -0.25) is 4.79 Å². The Morgan fingerprint density at radius 1 is 1.56 bits per heavy atom. The number of amides is 1. The number of hydrogen-bond acceptors (Lipinski definition) is 2. The van der Waals surface area contributed by atoms with Crippen molar-refractivity contribution >= 4 is 21.8 Å². The van der Waals surface area contributed by atoms with Crippen LogP contribution >= 0.6 is 15.9 Å². The number of nitrogens with two attached hydrogens (primary N) is 1. The van der Waals surface area contributed by atoms with E-state index >= 15 is 0 Å². The Morgan fingerprint density at radius 3 is 2.69 bits per heavy atom. The van der Waals surface area contributed by atoms with Crippen molar-refractivity contribution in [1.29, 1.82) is 0 Å². The lowest BCUT2D eigenvalue weighted by molar-refractivity contribution is 0.0930. The van der Waals surface area contributed by atoms with E-state index in [4.69, 9.17) is 5.73 Å². The van der Waals surface area contributed by atoms with Crippen LogP contribution in [0.15, 0.2) is 16.7 Å². The predicted octanol–water partition coefficient (Wildman–Crippen LogP) is 1.91. The number of carbonyl (C=O) groups excluding carboxylic acids is 1. The van der Waals surface area contributed by atoms with E-state index in [0.717, 1.165) is 4.47 Å². The van der Waals surface area contributed by atoms with Crippen LogP contribution in [-0.4, -0.2) is 23.1 Å². The molecule has 1 unspecified atom stereocenters. The minimum Gasteiger partial charge on any atom is -0.347 e. The third-order valence-electron chi connectivity index (χ3n) is 2.34. The Labute approximate surface area is 104 Å². The van der Waals surface area contributed by atoms with Crippen LogP contribution in [0.5, 0.6) is 0 Å². The monoisotopic (exact) mass is 287 g/mol. The first-order chi connectivity index (χ1) is 7.45. The topological polar surface area (TPSA) is 60.0 Å². The van der Waals surface area contributed by atoms with Gasteiger partial charge in [-0.2, -0.15) is 0 Å². The molecule has 0 fully saturated rings. The van der Waals surface area contributed by atoms with Crippen LogP contribution in [0.3, 0.4) is 0 Å². The van der Waals surface area contributed by atoms with Gasteiger partial charge in [0.15, 0.2) is 0 Å². The predicted molar refractivity (Wildman–Crippen MR) is 68.5 cm³/mol. The van der Waals surface area contributed by atoms with Crippen molar-refractivity contribution in [2.45, 2.75) is 32.9 Å². The molecule has 1 aromatic rings. The second kappa shape index (κ2) is 5.50. The van der Waals surface area contributed by atoms with E-state index < -0.39 is 0 Å². The van der Waals surface area contributed by atoms with Gasteiger partial charge in [0, 0.05) is 29.3 Å². The summed E-state index contributed by atoms with van der Waals surface area (Å²) in [5.74, 6) is -0.0858. The molecule has 1 rings (SSSR count). The number of halogens is 1. The third kappa shape index (κ3) is 3.09. The van der Waals surface area contributed by atoms with Gasteiger partial charge in [0.05, 0.1) is 0 Å². The van der Waals surface area contributed by atoms with Gasteiger partial charge in [-0.15, -0.1) is 0 Å². The lowest BCUT2D eigenvalue weighted by Crippen LogP contribution is -2.38. The van der Waals surface area contributed by atoms with Crippen LogP contribution in [0.1, 0.15) is 37.3 Å². The van der Waals surface area contributed by atoms with Crippen molar-refractivity contribution in [2.24, 2.45) is 5.73 Å². The van der Waals surface area contributed by atoms with Gasteiger partial charge in [0.2, 0.25) is 0 Å². The van der Waals surface area contributed by atoms with Crippen molar-refractivity contribution in [1.82, 2.24) is 9.88 Å². The molecule has 16 heavy (non-hydrogen) atoms. The first kappa shape index (κ1) is 13.3. The van der Waals surface area contributed by atoms with E-state index in [9.17, 15) is 4.79 Å². The zero-order valence-corrected chi connectivity index (χ0v) is 11.4. The summed E-state index contributed by atoms with van der Waals surface area (Å²) < 4.78 is 2.84. The maximum atomic E-state index is 11.9. The molecule has 0 spiro atoms. The van der Waals surface area contributed by atoms with E-state index in [2.05, 4.69) is 21.2 Å². The number of rotatable bonds is 4. The molecule has 5 heteroatoms. The molecule has 0 bridgehead atoms. The summed E-state index contributed by atoms with van der Waals surface area (Å²) in [5, 5.41) is 2.85. The van der Waals surface area contributed by atoms with E-state index in [-0.39, 0.29) is 18.0 Å². The maximum Gasteiger partial charge on any atom is 0.268 e. The zero-order valence-electron chi connectivity index (χ0n) is 9.83. The van der Waals surface area contributed by atoms with Crippen LogP contribution in [-0.2, 0) is 0 Å². The highest BCUT2D eigenvalue weighted by atomic mass is 79.9. The molecule has 90 valence electrons. The second-order valence-electron chi connectivity index (χ2n) is 4.15. The fourth-order valence-corrected chi connectivity index (χ4v) is 1.85. The van der Waals surface area contributed by atoms with Crippen LogP contribution < -0.4 is 11.1 Å². The lowest BCUT2D eigenvalue weighted by atomic mass is 10.3. The quantitative estimate of drug-likeness (QED) is 0.889. The summed E-state index contributed by atoms with van der Waals surface area (Å²) in [6, 6.07) is 2.06. The SMILES string of the molecule is CC(CN)NC(=O)c1cc(Br)cn1C(C)C. The average molecular weight is 288 g/mol. The van der Waals surface area contributed by atoms with Crippen LogP contribution in [0.2, 0.25) is 0 Å². The highest BCUT2D eigenvalue weighted by Gasteiger charge is 2.15. The van der Waals surface area contributed by atoms with Gasteiger partial charge in [0.25, 0.3) is 5.91 Å². The Balaban J connectivity index is 2.90. The second-order valence-corrected chi connectivity index (χ2v) is 5.07. The Morgan fingerprint density at radius 2 is 2.19 bits per heavy atom. The van der Waals surface area contributed by atoms with E-state index in [1.807, 2.05) is 37.6 Å². The summed E-state index contributed by atoms with van der Waals surface area (Å²) in [6.45, 7) is 6.40. The Kier molecular flexibility index (Phi) is 4.56. The van der Waals surface area contributed by atoms with Crippen LogP contribution in [0.25, 0.3) is 0 Å². The summed E-state index contributed by atoms with van der Waals surface area (Å²) in [5.41, 5.74) is 6.13. The third-order valence-corrected chi connectivity index (χ3v) is 2.77. The molecule has 1 amide bonds. The summed E-state index contributed by atoms with van der Waals surface area (Å²) in [6.07, 6.45) is 1.91. The molecular formula is C11H18BrN3O. The highest BCUT2D eigenvalue weighted by Crippen LogP contribution is 2.19. The van der Waals surface area contributed by atoms with Crippen molar-refractivity contribution in [3.63, 3.8) is 0 Å². The van der Waals surface area contributed by atoms with E-state index in [1.54, 1.807) is 0 Å². The molecule has 1 aromatic heterocycles. The van der Waals surface area contributed by atoms with Crippen molar-refractivity contribution in [3.8, 4) is 0 Å². The molecule has 1 atom stereocenters. The van der Waals surface area contributed by atoms with E-state index in [0.29, 0.717) is 12.2 Å². The lowest BCUT2D eigenvalue weighted by Gasteiger charge is -2.15. The largest absolute Gasteiger partial charge is 0.347 e. The van der Waals surface area contributed by atoms with Crippen molar-refractivity contribution in [2.75, 3.05) is 6.54 Å². The van der Waals surface area contributed by atoms with Gasteiger partial charge >= 0.3 is 0 Å². The van der Waals surface area contributed by atoms with Crippen molar-refractivity contribution < 1.29 is 4.79 Å². The van der Waals surface area contributed by atoms with Crippen molar-refractivity contribution in [3.05, 3.63) is 22.4 Å². The highest BCUT2D eigenvalue weighted by molar-refractivity contribution is 9.10. The molecule has 0 aliphatic heterocycles. The minimum atomic E-state index is -0.0858. The van der Waals surface area contributed by atoms with E-state index in [1.165, 1.54) is 0 Å². The summed E-state index contributed by atoms with van der Waals surface area (Å²) >= 11 is 3.38. The maximum absolute atomic E-state index is 11.9. The molecule has 4 nitrogen and oxygen atoms in total. The zero-order chi connectivity index (χ0) is 12.3. The van der Waals surface area contributed by atoms with Gasteiger partial charge in [-0.25, -0.2) is 0 Å². The molecule has 0 aromatic carbocycles. The van der Waals surface area contributed by atoms with Gasteiger partial charge < -0.3 is 15.6 Å². The number of nitrogens with one attached hydrogen (secondary N) is 1. The molecular weight excluding hydrogens is 270 g/mol. The number of carbonyl (C=O) groups is 1. The average Bonchev–Trinajstić information content (AvgIpc) is 2.60. The normalized spacial score (nSPS) is 12.9. The smallest absolute Gasteiger partial charge is 0.268 e. The fourth-order valence-electron chi connectivity index (χ4n) is 1.41. The number of hydrogen-bond donors (Lipinski definition) is 2. The first-order valence-corrected chi connectivity index (χ1v) is 6.13. The molecule has 0 saturated carbocycles. The summed E-state index contributed by atoms with van der Waals surface area (Å²) in [4.78, 5) is 11.9. The number of aromatic nitrogens is 1. The molecule has 0 radical (unpaired) electrons. The fraction of sp³-hybridized carbons (Fsp3) is 0.545. The van der Waals surface area contributed by atoms with Crippen LogP contribution in [0, 0.1) is 0 Å². The molecule has 0 saturated heterocycles. The van der Waals surface area contributed by atoms with Crippen LogP contribution in [0.4, 0.5) is 0 Å². The number of nitrogens with zero attached hydrogens (tertiary/aromatic N) is 1. The molecule has 1 heterocycles. The Hall–Kier alpha value is -0.810. The molecule has 3 N–H and O–H groups in total. The van der Waals surface area contributed by atoms with Gasteiger partial charge in [-0.05, 0) is 42.8 Å². The molecule has 0 aliphatic rings. The standard InChI is InChI=1S/C11H18BrN3O/c1-7(2)15-6-9(12)4-10(15)11(16)14-8(3)5-13/h4,6-8H,5,13H2,1-3H3,(H,14,16). The minimum absolute atomic E-state index is 0.0122. The summed E-state index contributed by atoms with van der Waals surface area (Å²) in [7, 11) is 0. The van der Waals surface area contributed by atoms with Gasteiger partial charge in [0.1, 0.15) is 5.69 Å². The Bertz CT molecular complexity index is 373. The first-order valence-electron chi connectivity index (χ1n) is 5.34. The molecule has 0 aliphatic carbocycles.